The molecule has 0 radical (unpaired) electrons. The van der Waals surface area contributed by atoms with Crippen molar-refractivity contribution in [3.63, 3.8) is 0 Å². The average Bonchev–Trinajstić information content (AvgIpc) is 2.65. The largest absolute Gasteiger partial charge is 0.372 e. The number of hydrogen-bond donors (Lipinski definition) is 2. The zero-order chi connectivity index (χ0) is 19.2. The monoisotopic (exact) mass is 369 g/mol. The summed E-state index contributed by atoms with van der Waals surface area (Å²) >= 11 is 0. The third-order valence-electron chi connectivity index (χ3n) is 4.75. The highest BCUT2D eigenvalue weighted by Crippen LogP contribution is 2.24. The van der Waals surface area contributed by atoms with E-state index in [-0.39, 0.29) is 12.2 Å². The molecule has 0 atom stereocenters. The van der Waals surface area contributed by atoms with Gasteiger partial charge in [0, 0.05) is 30.2 Å². The van der Waals surface area contributed by atoms with E-state index in [0.717, 1.165) is 24.7 Å². The molecule has 1 aliphatic heterocycles. The molecule has 3 rings (SSSR count). The van der Waals surface area contributed by atoms with Gasteiger partial charge in [0.25, 0.3) is 0 Å². The molecule has 1 fully saturated rings. The van der Waals surface area contributed by atoms with Gasteiger partial charge in [0.2, 0.25) is 11.8 Å². The standard InChI is InChI=1S/C21H24FN3O2/c1-15-10-12-25(13-11-15)19-8-6-18(7-9-19)24-21(27)14-20(26)23-17-4-2-16(22)3-5-17/h2-9,15H,10-14H2,1H3,(H,23,26)(H,24,27). The fourth-order valence-corrected chi connectivity index (χ4v) is 3.11. The van der Waals surface area contributed by atoms with Gasteiger partial charge in [0.05, 0.1) is 0 Å². The SMILES string of the molecule is CC1CCN(c2ccc(NC(=O)CC(=O)Nc3ccc(F)cc3)cc2)CC1. The summed E-state index contributed by atoms with van der Waals surface area (Å²) in [5.41, 5.74) is 2.26. The van der Waals surface area contributed by atoms with Crippen molar-refractivity contribution in [3.8, 4) is 0 Å². The van der Waals surface area contributed by atoms with Gasteiger partial charge in [-0.25, -0.2) is 4.39 Å². The van der Waals surface area contributed by atoms with Crippen LogP contribution in [0.4, 0.5) is 21.5 Å². The predicted octanol–water partition coefficient (Wildman–Crippen LogP) is 4.03. The van der Waals surface area contributed by atoms with E-state index in [4.69, 9.17) is 0 Å². The quantitative estimate of drug-likeness (QED) is 0.782. The van der Waals surface area contributed by atoms with E-state index in [0.29, 0.717) is 11.4 Å². The summed E-state index contributed by atoms with van der Waals surface area (Å²) in [5.74, 6) is -0.443. The molecular formula is C21H24FN3O2. The number of rotatable bonds is 5. The summed E-state index contributed by atoms with van der Waals surface area (Å²) in [5, 5.41) is 5.30. The van der Waals surface area contributed by atoms with E-state index in [1.54, 1.807) is 0 Å². The smallest absolute Gasteiger partial charge is 0.233 e. The molecule has 0 aromatic heterocycles. The Labute approximate surface area is 158 Å². The van der Waals surface area contributed by atoms with Crippen LogP contribution >= 0.6 is 0 Å². The Morgan fingerprint density at radius 2 is 1.41 bits per heavy atom. The second-order valence-electron chi connectivity index (χ2n) is 7.00. The second-order valence-corrected chi connectivity index (χ2v) is 7.00. The Bertz CT molecular complexity index is 782. The van der Waals surface area contributed by atoms with E-state index < -0.39 is 11.8 Å². The molecule has 2 amide bonds. The second kappa shape index (κ2) is 8.66. The lowest BCUT2D eigenvalue weighted by molar-refractivity contribution is -0.123. The third kappa shape index (κ3) is 5.54. The molecule has 0 unspecified atom stereocenters. The molecule has 5 nitrogen and oxygen atoms in total. The minimum Gasteiger partial charge on any atom is -0.372 e. The topological polar surface area (TPSA) is 61.4 Å². The number of nitrogens with one attached hydrogen (secondary N) is 2. The molecule has 2 aromatic rings. The van der Waals surface area contributed by atoms with Gasteiger partial charge in [-0.15, -0.1) is 0 Å². The fraction of sp³-hybridized carbons (Fsp3) is 0.333. The van der Waals surface area contributed by atoms with Crippen LogP contribution in [0.3, 0.4) is 0 Å². The molecule has 0 saturated carbocycles. The number of carbonyl (C=O) groups is 2. The van der Waals surface area contributed by atoms with Crippen molar-refractivity contribution in [2.45, 2.75) is 26.2 Å². The lowest BCUT2D eigenvalue weighted by Crippen LogP contribution is -2.32. The van der Waals surface area contributed by atoms with E-state index >= 15 is 0 Å². The minimum absolute atomic E-state index is 0.302. The van der Waals surface area contributed by atoms with Gasteiger partial charge in [0.1, 0.15) is 12.2 Å². The van der Waals surface area contributed by atoms with E-state index in [1.165, 1.54) is 37.1 Å². The maximum atomic E-state index is 12.9. The number of anilines is 3. The number of amides is 2. The van der Waals surface area contributed by atoms with Crippen molar-refractivity contribution in [1.82, 2.24) is 0 Å². The van der Waals surface area contributed by atoms with Gasteiger partial charge in [-0.2, -0.15) is 0 Å². The Balaban J connectivity index is 1.48. The summed E-state index contributed by atoms with van der Waals surface area (Å²) < 4.78 is 12.9. The summed E-state index contributed by atoms with van der Waals surface area (Å²) in [6.07, 6.45) is 2.09. The molecule has 0 bridgehead atoms. The van der Waals surface area contributed by atoms with E-state index in [2.05, 4.69) is 22.5 Å². The molecule has 0 aliphatic carbocycles. The van der Waals surface area contributed by atoms with Crippen molar-refractivity contribution in [3.05, 3.63) is 54.3 Å². The van der Waals surface area contributed by atoms with Crippen LogP contribution in [-0.4, -0.2) is 24.9 Å². The van der Waals surface area contributed by atoms with Gasteiger partial charge >= 0.3 is 0 Å². The number of benzene rings is 2. The zero-order valence-electron chi connectivity index (χ0n) is 15.4. The normalized spacial score (nSPS) is 14.7. The van der Waals surface area contributed by atoms with Crippen molar-refractivity contribution in [1.29, 1.82) is 0 Å². The van der Waals surface area contributed by atoms with Crippen LogP contribution in [0.25, 0.3) is 0 Å². The van der Waals surface area contributed by atoms with Gasteiger partial charge in [0.15, 0.2) is 0 Å². The van der Waals surface area contributed by atoms with Crippen LogP contribution in [0.15, 0.2) is 48.5 Å². The van der Waals surface area contributed by atoms with E-state index in [9.17, 15) is 14.0 Å². The summed E-state index contributed by atoms with van der Waals surface area (Å²) in [6.45, 7) is 4.38. The maximum absolute atomic E-state index is 12.9. The zero-order valence-corrected chi connectivity index (χ0v) is 15.4. The Hall–Kier alpha value is -2.89. The molecule has 1 aliphatic rings. The van der Waals surface area contributed by atoms with Gasteiger partial charge in [-0.3, -0.25) is 9.59 Å². The maximum Gasteiger partial charge on any atom is 0.233 e. The first-order valence-corrected chi connectivity index (χ1v) is 9.20. The number of nitrogens with zero attached hydrogens (tertiary/aromatic N) is 1. The number of piperidine rings is 1. The first kappa shape index (κ1) is 18.9. The first-order chi connectivity index (χ1) is 13.0. The van der Waals surface area contributed by atoms with Crippen LogP contribution in [-0.2, 0) is 9.59 Å². The average molecular weight is 369 g/mol. The van der Waals surface area contributed by atoms with Gasteiger partial charge < -0.3 is 15.5 Å². The Morgan fingerprint density at radius 1 is 0.926 bits per heavy atom. The van der Waals surface area contributed by atoms with Crippen LogP contribution in [0.2, 0.25) is 0 Å². The molecule has 6 heteroatoms. The predicted molar refractivity (Wildman–Crippen MR) is 105 cm³/mol. The van der Waals surface area contributed by atoms with Crippen LogP contribution in [0.5, 0.6) is 0 Å². The van der Waals surface area contributed by atoms with E-state index in [1.807, 2.05) is 24.3 Å². The number of carbonyl (C=O) groups excluding carboxylic acids is 2. The van der Waals surface area contributed by atoms with Crippen molar-refractivity contribution in [2.75, 3.05) is 28.6 Å². The minimum atomic E-state index is -0.446. The molecule has 1 heterocycles. The van der Waals surface area contributed by atoms with Gasteiger partial charge in [-0.05, 0) is 67.3 Å². The molecule has 0 spiro atoms. The van der Waals surface area contributed by atoms with Crippen LogP contribution in [0.1, 0.15) is 26.2 Å². The lowest BCUT2D eigenvalue weighted by atomic mass is 9.99. The molecule has 2 aromatic carbocycles. The third-order valence-corrected chi connectivity index (χ3v) is 4.75. The highest BCUT2D eigenvalue weighted by Gasteiger charge is 2.16. The van der Waals surface area contributed by atoms with Crippen molar-refractivity contribution < 1.29 is 14.0 Å². The summed E-state index contributed by atoms with van der Waals surface area (Å²) in [6, 6.07) is 13.1. The van der Waals surface area contributed by atoms with Gasteiger partial charge in [-0.1, -0.05) is 6.92 Å². The number of hydrogen-bond acceptors (Lipinski definition) is 3. The number of halogens is 1. The van der Waals surface area contributed by atoms with Crippen LogP contribution < -0.4 is 15.5 Å². The molecule has 1 saturated heterocycles. The summed E-state index contributed by atoms with van der Waals surface area (Å²) in [7, 11) is 0. The summed E-state index contributed by atoms with van der Waals surface area (Å²) in [4.78, 5) is 26.3. The van der Waals surface area contributed by atoms with Crippen LogP contribution in [0, 0.1) is 11.7 Å². The molecule has 2 N–H and O–H groups in total. The van der Waals surface area contributed by atoms with Crippen molar-refractivity contribution >= 4 is 28.9 Å². The highest BCUT2D eigenvalue weighted by atomic mass is 19.1. The highest BCUT2D eigenvalue weighted by molar-refractivity contribution is 6.08. The molecular weight excluding hydrogens is 345 g/mol. The molecule has 142 valence electrons. The lowest BCUT2D eigenvalue weighted by Gasteiger charge is -2.32. The molecule has 27 heavy (non-hydrogen) atoms. The van der Waals surface area contributed by atoms with Crippen molar-refractivity contribution in [2.24, 2.45) is 5.92 Å². The Kier molecular flexibility index (Phi) is 6.06. The first-order valence-electron chi connectivity index (χ1n) is 9.20. The fourth-order valence-electron chi connectivity index (χ4n) is 3.11. The Morgan fingerprint density at radius 3 is 1.93 bits per heavy atom.